The maximum Gasteiger partial charge on any atom is 0.191 e. The van der Waals surface area contributed by atoms with Crippen molar-refractivity contribution in [1.82, 2.24) is 10.6 Å². The van der Waals surface area contributed by atoms with Gasteiger partial charge in [0, 0.05) is 30.9 Å². The highest BCUT2D eigenvalue weighted by atomic mass is 127. The summed E-state index contributed by atoms with van der Waals surface area (Å²) in [5.41, 5.74) is -0.526. The summed E-state index contributed by atoms with van der Waals surface area (Å²) in [6.07, 6.45) is 2.13. The van der Waals surface area contributed by atoms with Crippen LogP contribution < -0.4 is 10.6 Å². The van der Waals surface area contributed by atoms with Gasteiger partial charge in [0.25, 0.3) is 0 Å². The van der Waals surface area contributed by atoms with Crippen molar-refractivity contribution in [1.29, 1.82) is 0 Å². The molecule has 22 heavy (non-hydrogen) atoms. The average Bonchev–Trinajstić information content (AvgIpc) is 2.87. The first kappa shape index (κ1) is 20.3. The molecule has 1 heterocycles. The molecule has 0 bridgehead atoms. The molecule has 1 aliphatic heterocycles. The zero-order valence-corrected chi connectivity index (χ0v) is 17.2. The number of aliphatic hydroxyl groups is 1. The molecule has 1 saturated heterocycles. The van der Waals surface area contributed by atoms with Crippen molar-refractivity contribution in [2.45, 2.75) is 51.4 Å². The number of nitrogens with one attached hydrogen (secondary N) is 2. The monoisotopic (exact) mass is 443 g/mol. The number of hydrogen-bond donors (Lipinski definition) is 3. The summed E-state index contributed by atoms with van der Waals surface area (Å²) in [6.45, 7) is 7.78. The smallest absolute Gasteiger partial charge is 0.191 e. The number of rotatable bonds is 5. The van der Waals surface area contributed by atoms with Crippen LogP contribution in [0.4, 0.5) is 0 Å². The zero-order chi connectivity index (χ0) is 15.5. The molecule has 0 aromatic carbocycles. The molecule has 0 amide bonds. The van der Waals surface area contributed by atoms with Crippen molar-refractivity contribution in [2.75, 3.05) is 31.7 Å². The van der Waals surface area contributed by atoms with Gasteiger partial charge in [-0.25, -0.2) is 0 Å². The number of nitrogens with zero attached hydrogens (tertiary/aromatic N) is 1. The van der Waals surface area contributed by atoms with Gasteiger partial charge in [-0.15, -0.1) is 24.0 Å². The van der Waals surface area contributed by atoms with Gasteiger partial charge in [0.1, 0.15) is 0 Å². The molecule has 3 unspecified atom stereocenters. The van der Waals surface area contributed by atoms with Gasteiger partial charge in [-0.3, -0.25) is 4.99 Å². The molecule has 2 rings (SSSR count). The molecular formula is C15H30IN3O2S. The molecule has 1 saturated carbocycles. The lowest BCUT2D eigenvalue weighted by Gasteiger charge is -2.51. The number of hydrogen-bond acceptors (Lipinski definition) is 4. The minimum absolute atomic E-state index is 0. The third-order valence-corrected chi connectivity index (χ3v) is 5.97. The third-order valence-electron chi connectivity index (χ3n) is 4.73. The maximum atomic E-state index is 10.4. The molecule has 0 radical (unpaired) electrons. The molecule has 5 nitrogen and oxygen atoms in total. The second-order valence-electron chi connectivity index (χ2n) is 6.70. The van der Waals surface area contributed by atoms with Crippen molar-refractivity contribution in [3.63, 3.8) is 0 Å². The molecule has 0 spiro atoms. The Bertz CT molecular complexity index is 387. The number of guanidine groups is 1. The van der Waals surface area contributed by atoms with Crippen LogP contribution in [0.1, 0.15) is 33.6 Å². The van der Waals surface area contributed by atoms with Gasteiger partial charge in [-0.05, 0) is 25.5 Å². The van der Waals surface area contributed by atoms with Crippen molar-refractivity contribution in [3.8, 4) is 0 Å². The van der Waals surface area contributed by atoms with Gasteiger partial charge in [-0.2, -0.15) is 11.8 Å². The maximum absolute atomic E-state index is 10.4. The standard InChI is InChI=1S/C15H29N3O2S.HI/c1-5-16-13(17-9-15(19)6-7-21-10-15)18-11-8-12(20-4)14(11,2)3;/h11-12,19H,5-10H2,1-4H3,(H2,16,17,18);1H. The molecule has 0 aromatic rings. The van der Waals surface area contributed by atoms with Gasteiger partial charge < -0.3 is 20.5 Å². The van der Waals surface area contributed by atoms with Gasteiger partial charge in [0.05, 0.1) is 18.2 Å². The molecule has 130 valence electrons. The molecule has 2 aliphatic rings. The van der Waals surface area contributed by atoms with E-state index in [1.165, 1.54) is 0 Å². The fraction of sp³-hybridized carbons (Fsp3) is 0.933. The van der Waals surface area contributed by atoms with E-state index in [2.05, 4.69) is 36.4 Å². The largest absolute Gasteiger partial charge is 0.387 e. The average molecular weight is 443 g/mol. The molecule has 2 fully saturated rings. The normalized spacial score (nSPS) is 33.8. The fourth-order valence-electron chi connectivity index (χ4n) is 2.96. The molecular weight excluding hydrogens is 413 g/mol. The number of methoxy groups -OCH3 is 1. The van der Waals surface area contributed by atoms with Crippen molar-refractivity contribution in [3.05, 3.63) is 0 Å². The predicted molar refractivity (Wildman–Crippen MR) is 104 cm³/mol. The molecule has 0 aromatic heterocycles. The summed E-state index contributed by atoms with van der Waals surface area (Å²) in [5.74, 6) is 2.62. The van der Waals surface area contributed by atoms with Crippen molar-refractivity contribution in [2.24, 2.45) is 10.4 Å². The lowest BCUT2D eigenvalue weighted by atomic mass is 9.64. The molecule has 3 atom stereocenters. The number of thioether (sulfide) groups is 1. The summed E-state index contributed by atoms with van der Waals surface area (Å²) in [4.78, 5) is 4.60. The van der Waals surface area contributed by atoms with Crippen LogP contribution in [0.5, 0.6) is 0 Å². The van der Waals surface area contributed by atoms with Gasteiger partial charge in [0.15, 0.2) is 5.96 Å². The molecule has 3 N–H and O–H groups in total. The van der Waals surface area contributed by atoms with Gasteiger partial charge >= 0.3 is 0 Å². The minimum atomic E-state index is -0.628. The van der Waals surface area contributed by atoms with Gasteiger partial charge in [0.2, 0.25) is 0 Å². The van der Waals surface area contributed by atoms with Crippen LogP contribution in [-0.2, 0) is 4.74 Å². The first-order valence-electron chi connectivity index (χ1n) is 7.79. The Kier molecular flexibility index (Phi) is 7.75. The van der Waals surface area contributed by atoms with Crippen LogP contribution >= 0.6 is 35.7 Å². The van der Waals surface area contributed by atoms with Crippen LogP contribution in [0.15, 0.2) is 4.99 Å². The summed E-state index contributed by atoms with van der Waals surface area (Å²) in [6, 6.07) is 0.354. The van der Waals surface area contributed by atoms with Gasteiger partial charge in [-0.1, -0.05) is 13.8 Å². The quantitative estimate of drug-likeness (QED) is 0.344. The van der Waals surface area contributed by atoms with E-state index in [1.807, 2.05) is 0 Å². The second-order valence-corrected chi connectivity index (χ2v) is 7.81. The lowest BCUT2D eigenvalue weighted by Crippen LogP contribution is -2.63. The van der Waals surface area contributed by atoms with E-state index in [9.17, 15) is 5.11 Å². The lowest BCUT2D eigenvalue weighted by molar-refractivity contribution is -0.0922. The number of halogens is 1. The van der Waals surface area contributed by atoms with E-state index in [0.717, 1.165) is 36.9 Å². The van der Waals surface area contributed by atoms with Crippen LogP contribution in [0, 0.1) is 5.41 Å². The Labute approximate surface area is 155 Å². The third kappa shape index (κ3) is 4.64. The second kappa shape index (κ2) is 8.39. The first-order valence-corrected chi connectivity index (χ1v) is 8.94. The summed E-state index contributed by atoms with van der Waals surface area (Å²) < 4.78 is 5.49. The Balaban J connectivity index is 0.00000242. The summed E-state index contributed by atoms with van der Waals surface area (Å²) >= 11 is 1.80. The number of aliphatic imine (C=N–C) groups is 1. The van der Waals surface area contributed by atoms with Crippen LogP contribution in [-0.4, -0.2) is 60.5 Å². The Morgan fingerprint density at radius 1 is 1.45 bits per heavy atom. The van der Waals surface area contributed by atoms with E-state index in [1.54, 1.807) is 18.9 Å². The van der Waals surface area contributed by atoms with E-state index in [0.29, 0.717) is 18.7 Å². The van der Waals surface area contributed by atoms with Crippen LogP contribution in [0.25, 0.3) is 0 Å². The topological polar surface area (TPSA) is 65.9 Å². The molecule has 7 heteroatoms. The highest BCUT2D eigenvalue weighted by Gasteiger charge is 2.49. The van der Waals surface area contributed by atoms with Crippen molar-refractivity contribution < 1.29 is 9.84 Å². The highest BCUT2D eigenvalue weighted by Crippen LogP contribution is 2.42. The minimum Gasteiger partial charge on any atom is -0.387 e. The molecule has 1 aliphatic carbocycles. The Morgan fingerprint density at radius 2 is 2.18 bits per heavy atom. The van der Waals surface area contributed by atoms with E-state index in [4.69, 9.17) is 4.74 Å². The highest BCUT2D eigenvalue weighted by molar-refractivity contribution is 14.0. The first-order chi connectivity index (χ1) is 9.91. The Morgan fingerprint density at radius 3 is 2.68 bits per heavy atom. The number of ether oxygens (including phenoxy) is 1. The predicted octanol–water partition coefficient (Wildman–Crippen LogP) is 1.84. The zero-order valence-electron chi connectivity index (χ0n) is 14.0. The van der Waals surface area contributed by atoms with E-state index in [-0.39, 0.29) is 29.4 Å². The summed E-state index contributed by atoms with van der Waals surface area (Å²) in [5, 5.41) is 17.2. The summed E-state index contributed by atoms with van der Waals surface area (Å²) in [7, 11) is 1.77. The Hall–Kier alpha value is 0.270. The fourth-order valence-corrected chi connectivity index (χ4v) is 4.25. The van der Waals surface area contributed by atoms with Crippen LogP contribution in [0.2, 0.25) is 0 Å². The van der Waals surface area contributed by atoms with Crippen molar-refractivity contribution >= 4 is 41.7 Å². The van der Waals surface area contributed by atoms with Crippen LogP contribution in [0.3, 0.4) is 0 Å². The van der Waals surface area contributed by atoms with E-state index >= 15 is 0 Å². The van der Waals surface area contributed by atoms with E-state index < -0.39 is 5.60 Å². The SMILES string of the molecule is CCNC(=NCC1(O)CCSC1)NC1CC(OC)C1(C)C.I.